The summed E-state index contributed by atoms with van der Waals surface area (Å²) in [5, 5.41) is 5.05. The molecule has 1 aliphatic rings. The van der Waals surface area contributed by atoms with E-state index in [4.69, 9.17) is 23.1 Å². The first-order valence-corrected chi connectivity index (χ1v) is 16.9. The van der Waals surface area contributed by atoms with Crippen molar-refractivity contribution in [3.05, 3.63) is 123 Å². The van der Waals surface area contributed by atoms with E-state index in [1.54, 1.807) is 12.3 Å². The van der Waals surface area contributed by atoms with Crippen molar-refractivity contribution in [1.29, 1.82) is 0 Å². The molecule has 0 spiro atoms. The zero-order valence-corrected chi connectivity index (χ0v) is 28.8. The number of fused-ring (bicyclic) bond motifs is 2. The number of benzene rings is 2. The predicted octanol–water partition coefficient (Wildman–Crippen LogP) is 6.21. The molecule has 0 radical (unpaired) electrons. The van der Waals surface area contributed by atoms with Crippen LogP contribution in [0, 0.1) is 9.49 Å². The number of carbonyl (C=O) groups excluding carboxylic acids is 1. The van der Waals surface area contributed by atoms with Gasteiger partial charge in [0.15, 0.2) is 0 Å². The molecular formula is C35H30ClIN10O2. The number of anilines is 2. The zero-order chi connectivity index (χ0) is 34.1. The summed E-state index contributed by atoms with van der Waals surface area (Å²) in [5.41, 5.74) is 16.5. The second-order valence-corrected chi connectivity index (χ2v) is 13.1. The number of nitrogens with two attached hydrogens (primary N) is 2. The Morgan fingerprint density at radius 1 is 0.980 bits per heavy atom. The molecule has 0 saturated heterocycles. The summed E-state index contributed by atoms with van der Waals surface area (Å²) in [5.74, 6) is 0.487. The Morgan fingerprint density at radius 3 is 2.47 bits per heavy atom. The Kier molecular flexibility index (Phi) is 9.12. The minimum atomic E-state index is -0.471. The maximum Gasteiger partial charge on any atom is 0.267 e. The summed E-state index contributed by atoms with van der Waals surface area (Å²) in [6.07, 6.45) is 10.5. The van der Waals surface area contributed by atoms with Crippen LogP contribution in [0.1, 0.15) is 29.2 Å². The average molecular weight is 785 g/mol. The van der Waals surface area contributed by atoms with E-state index in [0.717, 1.165) is 49.6 Å². The molecule has 5 heterocycles. The van der Waals surface area contributed by atoms with Crippen LogP contribution in [0.15, 0.2) is 103 Å². The number of H-pyrrole nitrogens is 1. The minimum Gasteiger partial charge on any atom is -0.383 e. The fourth-order valence-electron chi connectivity index (χ4n) is 6.01. The lowest BCUT2D eigenvalue weighted by atomic mass is 9.80. The standard InChI is InChI=1S/C29H27N7O2.C6H3ClIN3/c30-15-18-13-22(14-18)36-16-24(25-26(31)32-17-33-27(25)36)19-8-10-20(11-9-19)34-28(37)23-7-4-12-35(29(23)38)21-5-2-1-3-6-21;7-5-4-3(8)1-9-6(4)11-2-10-5/h1-12,16-18,22H,13-15,30H2,(H,34,37)(H2,31,32,33);1-2H,(H,9,10,11). The van der Waals surface area contributed by atoms with Crippen molar-refractivity contribution >= 4 is 73.7 Å². The first-order valence-electron chi connectivity index (χ1n) is 15.5. The van der Waals surface area contributed by atoms with E-state index in [-0.39, 0.29) is 11.1 Å². The van der Waals surface area contributed by atoms with Crippen molar-refractivity contribution in [2.45, 2.75) is 18.9 Å². The maximum atomic E-state index is 13.0. The molecule has 1 aliphatic carbocycles. The molecular weight excluding hydrogens is 755 g/mol. The topological polar surface area (TPSA) is 175 Å². The van der Waals surface area contributed by atoms with Crippen LogP contribution >= 0.6 is 34.2 Å². The van der Waals surface area contributed by atoms with Gasteiger partial charge in [0, 0.05) is 45.1 Å². The van der Waals surface area contributed by atoms with Gasteiger partial charge in [0.25, 0.3) is 11.5 Å². The SMILES string of the molecule is Clc1ncnc2[nH]cc(I)c12.NCC1CC(n2cc(-c3ccc(NC(=O)c4cccn(-c5ccccc5)c4=O)cc3)c3c(N)ncnc32)C1. The smallest absolute Gasteiger partial charge is 0.267 e. The third-order valence-electron chi connectivity index (χ3n) is 8.63. The van der Waals surface area contributed by atoms with Gasteiger partial charge < -0.3 is 26.3 Å². The Balaban J connectivity index is 0.000000290. The van der Waals surface area contributed by atoms with E-state index in [2.05, 4.69) is 63.6 Å². The second-order valence-electron chi connectivity index (χ2n) is 11.6. The largest absolute Gasteiger partial charge is 0.383 e. The molecule has 246 valence electrons. The predicted molar refractivity (Wildman–Crippen MR) is 200 cm³/mol. The number of carbonyl (C=O) groups is 1. The summed E-state index contributed by atoms with van der Waals surface area (Å²) in [6.45, 7) is 0.690. The normalized spacial score (nSPS) is 15.4. The molecule has 1 amide bonds. The first kappa shape index (κ1) is 32.4. The lowest BCUT2D eigenvalue weighted by Gasteiger charge is -2.35. The highest BCUT2D eigenvalue weighted by atomic mass is 127. The summed E-state index contributed by atoms with van der Waals surface area (Å²) < 4.78 is 4.68. The lowest BCUT2D eigenvalue weighted by Crippen LogP contribution is -2.31. The van der Waals surface area contributed by atoms with Crippen LogP contribution in [0.4, 0.5) is 11.5 Å². The van der Waals surface area contributed by atoms with Crippen LogP contribution < -0.4 is 22.3 Å². The highest BCUT2D eigenvalue weighted by molar-refractivity contribution is 14.1. The van der Waals surface area contributed by atoms with E-state index in [9.17, 15) is 9.59 Å². The number of amides is 1. The molecule has 49 heavy (non-hydrogen) atoms. The second kappa shape index (κ2) is 13.8. The molecule has 7 aromatic rings. The van der Waals surface area contributed by atoms with Crippen LogP contribution in [0.3, 0.4) is 0 Å². The Bertz CT molecular complexity index is 2350. The van der Waals surface area contributed by atoms with Gasteiger partial charge >= 0.3 is 0 Å². The summed E-state index contributed by atoms with van der Waals surface area (Å²) >= 11 is 8.01. The van der Waals surface area contributed by atoms with Crippen LogP contribution in [0.2, 0.25) is 5.15 Å². The van der Waals surface area contributed by atoms with Crippen molar-refractivity contribution in [3.63, 3.8) is 0 Å². The summed E-state index contributed by atoms with van der Waals surface area (Å²) in [6, 6.07) is 20.2. The van der Waals surface area contributed by atoms with E-state index >= 15 is 0 Å². The Labute approximate surface area is 298 Å². The molecule has 8 rings (SSSR count). The first-order chi connectivity index (χ1) is 23.8. The fraction of sp³-hybridized carbons (Fsp3) is 0.143. The number of aromatic amines is 1. The van der Waals surface area contributed by atoms with E-state index in [1.807, 2.05) is 60.8 Å². The molecule has 0 atom stereocenters. The summed E-state index contributed by atoms with van der Waals surface area (Å²) in [4.78, 5) is 45.6. The third-order valence-corrected chi connectivity index (χ3v) is 9.77. The van der Waals surface area contributed by atoms with Crippen LogP contribution in [0.25, 0.3) is 38.9 Å². The highest BCUT2D eigenvalue weighted by Gasteiger charge is 2.31. The average Bonchev–Trinajstić information content (AvgIpc) is 3.68. The number of hydrogen-bond acceptors (Lipinski definition) is 8. The molecule has 6 N–H and O–H groups in total. The number of nitrogens with one attached hydrogen (secondary N) is 2. The quantitative estimate of drug-likeness (QED) is 0.114. The van der Waals surface area contributed by atoms with Crippen molar-refractivity contribution in [1.82, 2.24) is 34.1 Å². The number of hydrogen-bond donors (Lipinski definition) is 4. The third kappa shape index (κ3) is 6.39. The van der Waals surface area contributed by atoms with Crippen LogP contribution in [-0.2, 0) is 0 Å². The number of nitrogens with zero attached hydrogens (tertiary/aromatic N) is 6. The van der Waals surface area contributed by atoms with Crippen molar-refractivity contribution < 1.29 is 4.79 Å². The minimum absolute atomic E-state index is 0.0599. The number of rotatable bonds is 6. The number of para-hydroxylation sites is 1. The molecule has 5 aromatic heterocycles. The molecule has 0 aliphatic heterocycles. The van der Waals surface area contributed by atoms with Gasteiger partial charge in [0.05, 0.1) is 10.8 Å². The van der Waals surface area contributed by atoms with Gasteiger partial charge in [-0.25, -0.2) is 19.9 Å². The van der Waals surface area contributed by atoms with Gasteiger partial charge in [-0.2, -0.15) is 0 Å². The number of pyridine rings is 1. The van der Waals surface area contributed by atoms with Crippen LogP contribution in [0.5, 0.6) is 0 Å². The number of nitrogen functional groups attached to an aromatic ring is 1. The van der Waals surface area contributed by atoms with Gasteiger partial charge in [-0.3, -0.25) is 14.2 Å². The maximum absolute atomic E-state index is 13.0. The summed E-state index contributed by atoms with van der Waals surface area (Å²) in [7, 11) is 0. The van der Waals surface area contributed by atoms with E-state index in [1.165, 1.54) is 23.3 Å². The Morgan fingerprint density at radius 2 is 1.73 bits per heavy atom. The van der Waals surface area contributed by atoms with Crippen LogP contribution in [-0.4, -0.2) is 46.5 Å². The molecule has 1 fully saturated rings. The monoisotopic (exact) mass is 784 g/mol. The van der Waals surface area contributed by atoms with Gasteiger partial charge in [0.2, 0.25) is 0 Å². The van der Waals surface area contributed by atoms with Gasteiger partial charge in [-0.15, -0.1) is 0 Å². The van der Waals surface area contributed by atoms with Crippen molar-refractivity contribution in [2.75, 3.05) is 17.6 Å². The molecule has 0 bridgehead atoms. The lowest BCUT2D eigenvalue weighted by molar-refractivity contribution is 0.102. The van der Waals surface area contributed by atoms with Crippen molar-refractivity contribution in [3.8, 4) is 16.8 Å². The zero-order valence-electron chi connectivity index (χ0n) is 25.9. The van der Waals surface area contributed by atoms with E-state index < -0.39 is 5.91 Å². The van der Waals surface area contributed by atoms with Gasteiger partial charge in [-0.05, 0) is 89.9 Å². The number of aromatic nitrogens is 7. The number of halogens is 2. The highest BCUT2D eigenvalue weighted by Crippen LogP contribution is 2.42. The molecule has 2 aromatic carbocycles. The molecule has 1 saturated carbocycles. The molecule has 12 nitrogen and oxygen atoms in total. The molecule has 0 unspecified atom stereocenters. The van der Waals surface area contributed by atoms with Gasteiger partial charge in [-0.1, -0.05) is 41.9 Å². The van der Waals surface area contributed by atoms with Gasteiger partial charge in [0.1, 0.15) is 40.5 Å². The Hall–Kier alpha value is -5.12. The molecule has 14 heteroatoms. The van der Waals surface area contributed by atoms with E-state index in [0.29, 0.717) is 40.9 Å². The fourth-order valence-corrected chi connectivity index (χ4v) is 7.07. The van der Waals surface area contributed by atoms with Crippen molar-refractivity contribution in [2.24, 2.45) is 11.7 Å².